The van der Waals surface area contributed by atoms with E-state index >= 15 is 0 Å². The molecule has 4 rings (SSSR count). The monoisotopic (exact) mass is 419 g/mol. The molecule has 1 amide bonds. The van der Waals surface area contributed by atoms with Crippen molar-refractivity contribution in [2.45, 2.75) is 25.5 Å². The zero-order chi connectivity index (χ0) is 21.8. The summed E-state index contributed by atoms with van der Waals surface area (Å²) in [6.45, 7) is 1.35. The van der Waals surface area contributed by atoms with E-state index in [4.69, 9.17) is 13.9 Å². The van der Waals surface area contributed by atoms with E-state index in [0.29, 0.717) is 23.3 Å². The van der Waals surface area contributed by atoms with Crippen LogP contribution in [0.15, 0.2) is 71.3 Å². The van der Waals surface area contributed by atoms with E-state index in [1.807, 2.05) is 30.3 Å². The Bertz CT molecular complexity index is 1090. The van der Waals surface area contributed by atoms with Crippen molar-refractivity contribution in [3.8, 4) is 0 Å². The van der Waals surface area contributed by atoms with Crippen LogP contribution in [0.4, 0.5) is 0 Å². The van der Waals surface area contributed by atoms with Gasteiger partial charge < -0.3 is 19.2 Å². The quantitative estimate of drug-likeness (QED) is 0.611. The van der Waals surface area contributed by atoms with Gasteiger partial charge in [0.15, 0.2) is 6.61 Å². The Hall–Kier alpha value is -3.87. The minimum absolute atomic E-state index is 0.271. The molecule has 1 N–H and O–H groups in total. The van der Waals surface area contributed by atoms with Crippen LogP contribution in [-0.2, 0) is 20.7 Å². The second-order valence-electron chi connectivity index (χ2n) is 7.26. The molecule has 7 heteroatoms. The van der Waals surface area contributed by atoms with Gasteiger partial charge >= 0.3 is 11.9 Å². The van der Waals surface area contributed by atoms with Crippen LogP contribution >= 0.6 is 0 Å². The smallest absolute Gasteiger partial charge is 0.339 e. The number of ether oxygens (including phenoxy) is 2. The fraction of sp³-hybridized carbons (Fsp3) is 0.208. The number of esters is 2. The van der Waals surface area contributed by atoms with Gasteiger partial charge in [0.1, 0.15) is 11.9 Å². The number of rotatable bonds is 6. The molecule has 0 saturated heterocycles. The van der Waals surface area contributed by atoms with Gasteiger partial charge in [0.25, 0.3) is 5.91 Å². The standard InChI is InChI=1S/C24H21NO6/c1-15(20-8-5-11-29-20)25-22(26)14-30-23(27)17-9-10-19-18(12-17)13-21(31-24(19)28)16-6-3-2-4-7-16/h2-12,15,21H,13-14H2,1H3,(H,25,26)/t15-,21-/m1/s1. The van der Waals surface area contributed by atoms with Crippen LogP contribution in [0.5, 0.6) is 0 Å². The van der Waals surface area contributed by atoms with Crippen LogP contribution < -0.4 is 5.32 Å². The van der Waals surface area contributed by atoms with Gasteiger partial charge in [-0.2, -0.15) is 0 Å². The summed E-state index contributed by atoms with van der Waals surface area (Å²) in [6, 6.07) is 17.2. The van der Waals surface area contributed by atoms with Crippen LogP contribution in [0.3, 0.4) is 0 Å². The summed E-state index contributed by atoms with van der Waals surface area (Å²) in [7, 11) is 0. The fourth-order valence-corrected chi connectivity index (χ4v) is 3.48. The first-order valence-electron chi connectivity index (χ1n) is 9.90. The molecular formula is C24H21NO6. The molecule has 0 radical (unpaired) electrons. The van der Waals surface area contributed by atoms with Crippen molar-refractivity contribution in [3.63, 3.8) is 0 Å². The molecule has 3 aromatic rings. The lowest BCUT2D eigenvalue weighted by Gasteiger charge is -2.25. The maximum atomic E-state index is 12.4. The van der Waals surface area contributed by atoms with Crippen molar-refractivity contribution < 1.29 is 28.3 Å². The number of hydrogen-bond donors (Lipinski definition) is 1. The van der Waals surface area contributed by atoms with Crippen LogP contribution in [0.25, 0.3) is 0 Å². The molecule has 0 saturated carbocycles. The molecule has 158 valence electrons. The number of carbonyl (C=O) groups is 3. The molecule has 2 heterocycles. The molecule has 0 bridgehead atoms. The van der Waals surface area contributed by atoms with Crippen molar-refractivity contribution in [2.75, 3.05) is 6.61 Å². The van der Waals surface area contributed by atoms with Crippen LogP contribution in [-0.4, -0.2) is 24.5 Å². The van der Waals surface area contributed by atoms with Gasteiger partial charge in [-0.05, 0) is 48.4 Å². The first-order valence-corrected chi connectivity index (χ1v) is 9.90. The lowest BCUT2D eigenvalue weighted by Crippen LogP contribution is -2.31. The van der Waals surface area contributed by atoms with Crippen molar-refractivity contribution in [1.29, 1.82) is 0 Å². The SMILES string of the molecule is C[C@@H](NC(=O)COC(=O)c1ccc2c(c1)C[C@H](c1ccccc1)OC2=O)c1ccco1. The van der Waals surface area contributed by atoms with Crippen molar-refractivity contribution >= 4 is 17.8 Å². The van der Waals surface area contributed by atoms with Crippen LogP contribution in [0.1, 0.15) is 56.7 Å². The van der Waals surface area contributed by atoms with Gasteiger partial charge in [-0.15, -0.1) is 0 Å². The minimum atomic E-state index is -0.640. The average molecular weight is 419 g/mol. The maximum absolute atomic E-state index is 12.4. The van der Waals surface area contributed by atoms with Crippen molar-refractivity contribution in [2.24, 2.45) is 0 Å². The van der Waals surface area contributed by atoms with Gasteiger partial charge in [-0.3, -0.25) is 4.79 Å². The molecule has 31 heavy (non-hydrogen) atoms. The van der Waals surface area contributed by atoms with E-state index in [9.17, 15) is 14.4 Å². The lowest BCUT2D eigenvalue weighted by molar-refractivity contribution is -0.125. The van der Waals surface area contributed by atoms with E-state index in [1.165, 1.54) is 12.3 Å². The Morgan fingerprint density at radius 1 is 1.13 bits per heavy atom. The van der Waals surface area contributed by atoms with E-state index in [2.05, 4.69) is 5.32 Å². The summed E-state index contributed by atoms with van der Waals surface area (Å²) >= 11 is 0. The summed E-state index contributed by atoms with van der Waals surface area (Å²) < 4.78 is 15.9. The first-order chi connectivity index (χ1) is 15.0. The van der Waals surface area contributed by atoms with Gasteiger partial charge in [0.2, 0.25) is 0 Å². The highest BCUT2D eigenvalue weighted by Gasteiger charge is 2.28. The Morgan fingerprint density at radius 3 is 2.68 bits per heavy atom. The summed E-state index contributed by atoms with van der Waals surface area (Å²) in [6.07, 6.45) is 1.56. The Morgan fingerprint density at radius 2 is 1.94 bits per heavy atom. The van der Waals surface area contributed by atoms with Gasteiger partial charge in [-0.25, -0.2) is 9.59 Å². The predicted octanol–water partition coefficient (Wildman–Crippen LogP) is 3.77. The molecule has 1 aliphatic rings. The molecular weight excluding hydrogens is 398 g/mol. The predicted molar refractivity (Wildman–Crippen MR) is 110 cm³/mol. The van der Waals surface area contributed by atoms with Gasteiger partial charge in [-0.1, -0.05) is 30.3 Å². The third-order valence-electron chi connectivity index (χ3n) is 5.07. The van der Waals surface area contributed by atoms with E-state index < -0.39 is 30.6 Å². The Kier molecular flexibility index (Phi) is 5.84. The number of furan rings is 1. The van der Waals surface area contributed by atoms with E-state index in [-0.39, 0.29) is 11.6 Å². The summed E-state index contributed by atoms with van der Waals surface area (Å²) in [5.74, 6) is -0.905. The number of carbonyl (C=O) groups excluding carboxylic acids is 3. The third kappa shape index (κ3) is 4.66. The second kappa shape index (κ2) is 8.87. The summed E-state index contributed by atoms with van der Waals surface area (Å²) in [5, 5.41) is 2.70. The molecule has 0 aliphatic carbocycles. The van der Waals surface area contributed by atoms with Gasteiger partial charge in [0, 0.05) is 6.42 Å². The fourth-order valence-electron chi connectivity index (χ4n) is 3.48. The van der Waals surface area contributed by atoms with E-state index in [1.54, 1.807) is 31.2 Å². The maximum Gasteiger partial charge on any atom is 0.339 e. The van der Waals surface area contributed by atoms with Crippen molar-refractivity contribution in [3.05, 3.63) is 94.9 Å². The minimum Gasteiger partial charge on any atom is -0.467 e. The zero-order valence-electron chi connectivity index (χ0n) is 16.9. The highest BCUT2D eigenvalue weighted by Crippen LogP contribution is 2.31. The number of fused-ring (bicyclic) bond motifs is 1. The summed E-state index contributed by atoms with van der Waals surface area (Å²) in [5.41, 5.74) is 2.29. The highest BCUT2D eigenvalue weighted by molar-refractivity contribution is 5.96. The first kappa shape index (κ1) is 20.4. The normalized spacial score (nSPS) is 16.0. The van der Waals surface area contributed by atoms with Crippen molar-refractivity contribution in [1.82, 2.24) is 5.32 Å². The number of hydrogen-bond acceptors (Lipinski definition) is 6. The third-order valence-corrected chi connectivity index (χ3v) is 5.07. The molecule has 2 aromatic carbocycles. The van der Waals surface area contributed by atoms with E-state index in [0.717, 1.165) is 5.56 Å². The molecule has 0 spiro atoms. The topological polar surface area (TPSA) is 94.8 Å². The molecule has 1 aliphatic heterocycles. The zero-order valence-corrected chi connectivity index (χ0v) is 16.9. The molecule has 0 unspecified atom stereocenters. The molecule has 7 nitrogen and oxygen atoms in total. The Labute approximate surface area is 179 Å². The molecule has 0 fully saturated rings. The second-order valence-corrected chi connectivity index (χ2v) is 7.26. The number of nitrogens with one attached hydrogen (secondary N) is 1. The average Bonchev–Trinajstić information content (AvgIpc) is 3.33. The summed E-state index contributed by atoms with van der Waals surface area (Å²) in [4.78, 5) is 36.9. The molecule has 2 atom stereocenters. The highest BCUT2D eigenvalue weighted by atomic mass is 16.5. The number of amides is 1. The Balaban J connectivity index is 1.39. The van der Waals surface area contributed by atoms with Crippen LogP contribution in [0, 0.1) is 0 Å². The number of benzene rings is 2. The number of cyclic esters (lactones) is 1. The lowest BCUT2D eigenvalue weighted by atomic mass is 9.93. The molecule has 1 aromatic heterocycles. The van der Waals surface area contributed by atoms with Crippen LogP contribution in [0.2, 0.25) is 0 Å². The largest absolute Gasteiger partial charge is 0.467 e. The van der Waals surface area contributed by atoms with Gasteiger partial charge in [0.05, 0.1) is 23.4 Å².